The number of carbonyl (C=O) groups excluding carboxylic acids is 1. The van der Waals surface area contributed by atoms with Gasteiger partial charge in [0.25, 0.3) is 0 Å². The Bertz CT molecular complexity index is 1410. The highest BCUT2D eigenvalue weighted by atomic mass is 16.6. The van der Waals surface area contributed by atoms with Crippen molar-refractivity contribution in [3.05, 3.63) is 120 Å². The van der Waals surface area contributed by atoms with E-state index in [1.165, 1.54) is 0 Å². The van der Waals surface area contributed by atoms with Crippen LogP contribution in [-0.2, 0) is 48.2 Å². The fourth-order valence-corrected chi connectivity index (χ4v) is 5.72. The van der Waals surface area contributed by atoms with Crippen LogP contribution in [0.25, 0.3) is 0 Å². The normalized spacial score (nSPS) is 23.7. The number of nitrogens with zero attached hydrogens (tertiary/aromatic N) is 1. The summed E-state index contributed by atoms with van der Waals surface area (Å²) < 4.78 is 37.9. The van der Waals surface area contributed by atoms with Crippen molar-refractivity contribution >= 4 is 6.09 Å². The first-order valence-electron chi connectivity index (χ1n) is 16.0. The third-order valence-electron chi connectivity index (χ3n) is 7.91. The molecule has 0 bridgehead atoms. The average Bonchev–Trinajstić information content (AvgIpc) is 3.33. The molecule has 0 radical (unpaired) electrons. The average molecular weight is 630 g/mol. The minimum atomic E-state index is -0.846. The smallest absolute Gasteiger partial charge is 0.413 e. The number of rotatable bonds is 11. The Balaban J connectivity index is 1.41. The summed E-state index contributed by atoms with van der Waals surface area (Å²) in [4.78, 5) is 15.0. The Morgan fingerprint density at radius 3 is 1.96 bits per heavy atom. The summed E-state index contributed by atoms with van der Waals surface area (Å²) in [6, 6.07) is 29.9. The largest absolute Gasteiger partial charge is 0.490 e. The van der Waals surface area contributed by atoms with E-state index >= 15 is 0 Å². The number of hydrogen-bond donors (Lipinski definition) is 0. The van der Waals surface area contributed by atoms with Gasteiger partial charge in [-0.05, 0) is 57.4 Å². The van der Waals surface area contributed by atoms with Crippen LogP contribution in [0.4, 0.5) is 4.79 Å². The molecule has 0 spiro atoms. The molecule has 1 amide bonds. The third-order valence-corrected chi connectivity index (χ3v) is 7.91. The lowest BCUT2D eigenvalue weighted by Gasteiger charge is -2.40. The molecule has 0 N–H and O–H groups in total. The van der Waals surface area contributed by atoms with Crippen LogP contribution < -0.4 is 0 Å². The molecule has 2 aliphatic rings. The van der Waals surface area contributed by atoms with Crippen molar-refractivity contribution in [3.63, 3.8) is 0 Å². The van der Waals surface area contributed by atoms with Crippen molar-refractivity contribution in [2.24, 2.45) is 0 Å². The van der Waals surface area contributed by atoms with E-state index in [0.717, 1.165) is 16.7 Å². The molecule has 8 heteroatoms. The minimum absolute atomic E-state index is 0.291. The molecule has 2 heterocycles. The highest BCUT2D eigenvalue weighted by Gasteiger charge is 2.46. The van der Waals surface area contributed by atoms with Gasteiger partial charge in [-0.25, -0.2) is 4.79 Å². The first kappa shape index (κ1) is 33.7. The molecule has 0 aromatic heterocycles. The Morgan fingerprint density at radius 2 is 1.39 bits per heavy atom. The predicted octanol–water partition coefficient (Wildman–Crippen LogP) is 7.42. The first-order chi connectivity index (χ1) is 22.1. The van der Waals surface area contributed by atoms with E-state index in [-0.39, 0.29) is 12.1 Å². The van der Waals surface area contributed by atoms with E-state index in [2.05, 4.69) is 0 Å². The second kappa shape index (κ2) is 15.3. The summed E-state index contributed by atoms with van der Waals surface area (Å²) in [6.45, 7) is 11.2. The van der Waals surface area contributed by atoms with E-state index in [0.29, 0.717) is 45.2 Å². The Morgan fingerprint density at radius 1 is 0.848 bits per heavy atom. The van der Waals surface area contributed by atoms with E-state index in [9.17, 15) is 4.79 Å². The maximum atomic E-state index is 13.4. The molecular formula is C38H47NO7. The van der Waals surface area contributed by atoms with E-state index in [1.807, 2.05) is 132 Å². The number of carbonyl (C=O) groups is 1. The number of benzene rings is 3. The van der Waals surface area contributed by atoms with E-state index < -0.39 is 29.6 Å². The molecule has 0 unspecified atom stereocenters. The monoisotopic (exact) mass is 629 g/mol. The van der Waals surface area contributed by atoms with Crippen LogP contribution in [0.3, 0.4) is 0 Å². The standard InChI is InChI=1S/C38H47NO7/c1-37(2,3)46-36(40)39-31(26-44-38(39,4)5)21-32-22-33(42-24-29-17-11-7-12-18-29)35(43-25-30-19-13-8-14-20-30)34(45-32)27-41-23-28-15-9-6-10-16-28/h6-21,31,33-35H,22-27H2,1-5H3/b32-21+/t31-,33-,34-,35-/m1/s1. The van der Waals surface area contributed by atoms with Gasteiger partial charge < -0.3 is 28.4 Å². The molecule has 4 atom stereocenters. The van der Waals surface area contributed by atoms with E-state index in [1.54, 1.807) is 4.90 Å². The zero-order valence-corrected chi connectivity index (χ0v) is 27.6. The molecule has 0 aliphatic carbocycles. The summed E-state index contributed by atoms with van der Waals surface area (Å²) in [5.41, 5.74) is 1.72. The molecule has 2 aliphatic heterocycles. The fraction of sp³-hybridized carbons (Fsp3) is 0.447. The highest BCUT2D eigenvalue weighted by molar-refractivity contribution is 5.70. The summed E-state index contributed by atoms with van der Waals surface area (Å²) in [5, 5.41) is 0. The Kier molecular flexibility index (Phi) is 11.2. The molecule has 246 valence electrons. The van der Waals surface area contributed by atoms with Crippen LogP contribution in [0.2, 0.25) is 0 Å². The Labute approximate surface area is 273 Å². The van der Waals surface area contributed by atoms with Gasteiger partial charge in [-0.2, -0.15) is 0 Å². The van der Waals surface area contributed by atoms with Crippen LogP contribution >= 0.6 is 0 Å². The fourth-order valence-electron chi connectivity index (χ4n) is 5.72. The second-order valence-electron chi connectivity index (χ2n) is 13.3. The van der Waals surface area contributed by atoms with Gasteiger partial charge in [0.05, 0.1) is 50.9 Å². The SMILES string of the molecule is CC(C)(C)OC(=O)N1[C@H](/C=C2\C[C@@H](OCc3ccccc3)[C@@H](OCc3ccccc3)[C@@H](COCc3ccccc3)O2)COC1(C)C. The minimum Gasteiger partial charge on any atom is -0.490 e. The molecule has 2 saturated heterocycles. The number of amides is 1. The zero-order valence-electron chi connectivity index (χ0n) is 27.6. The second-order valence-corrected chi connectivity index (χ2v) is 13.3. The number of hydrogen-bond acceptors (Lipinski definition) is 7. The van der Waals surface area contributed by atoms with Crippen molar-refractivity contribution in [3.8, 4) is 0 Å². The van der Waals surface area contributed by atoms with Gasteiger partial charge in [0.15, 0.2) is 6.10 Å². The quantitative estimate of drug-likeness (QED) is 0.219. The topological polar surface area (TPSA) is 75.7 Å². The molecule has 46 heavy (non-hydrogen) atoms. The summed E-state index contributed by atoms with van der Waals surface area (Å²) >= 11 is 0. The predicted molar refractivity (Wildman–Crippen MR) is 176 cm³/mol. The van der Waals surface area contributed by atoms with Crippen LogP contribution in [0.1, 0.15) is 57.7 Å². The van der Waals surface area contributed by atoms with Gasteiger partial charge in [0.2, 0.25) is 0 Å². The summed E-state index contributed by atoms with van der Waals surface area (Å²) in [7, 11) is 0. The van der Waals surface area contributed by atoms with Crippen molar-refractivity contribution < 1.29 is 33.2 Å². The van der Waals surface area contributed by atoms with Gasteiger partial charge >= 0.3 is 6.09 Å². The maximum absolute atomic E-state index is 13.4. The third kappa shape index (κ3) is 9.42. The van der Waals surface area contributed by atoms with Gasteiger partial charge in [0, 0.05) is 6.42 Å². The van der Waals surface area contributed by atoms with Crippen LogP contribution in [-0.4, -0.2) is 59.9 Å². The molecule has 3 aromatic rings. The van der Waals surface area contributed by atoms with Crippen molar-refractivity contribution in [1.29, 1.82) is 0 Å². The lowest BCUT2D eigenvalue weighted by Crippen LogP contribution is -2.50. The summed E-state index contributed by atoms with van der Waals surface area (Å²) in [5.74, 6) is 0.700. The van der Waals surface area contributed by atoms with Crippen LogP contribution in [0.5, 0.6) is 0 Å². The van der Waals surface area contributed by atoms with Crippen LogP contribution in [0, 0.1) is 0 Å². The van der Waals surface area contributed by atoms with Gasteiger partial charge in [-0.15, -0.1) is 0 Å². The molecule has 2 fully saturated rings. The highest BCUT2D eigenvalue weighted by Crippen LogP contribution is 2.34. The lowest BCUT2D eigenvalue weighted by atomic mass is 9.98. The maximum Gasteiger partial charge on any atom is 0.413 e. The summed E-state index contributed by atoms with van der Waals surface area (Å²) in [6.07, 6.45) is 0.792. The van der Waals surface area contributed by atoms with Gasteiger partial charge in [0.1, 0.15) is 17.4 Å². The van der Waals surface area contributed by atoms with Crippen molar-refractivity contribution in [2.45, 2.75) is 96.5 Å². The Hall–Kier alpha value is -3.69. The van der Waals surface area contributed by atoms with E-state index in [4.69, 9.17) is 28.4 Å². The molecular weight excluding hydrogens is 582 g/mol. The van der Waals surface area contributed by atoms with Crippen molar-refractivity contribution in [1.82, 2.24) is 4.90 Å². The van der Waals surface area contributed by atoms with Crippen molar-refractivity contribution in [2.75, 3.05) is 13.2 Å². The molecule has 0 saturated carbocycles. The van der Waals surface area contributed by atoms with Crippen LogP contribution in [0.15, 0.2) is 103 Å². The zero-order chi connectivity index (χ0) is 32.6. The lowest BCUT2D eigenvalue weighted by molar-refractivity contribution is -0.178. The molecule has 8 nitrogen and oxygen atoms in total. The molecule has 5 rings (SSSR count). The first-order valence-corrected chi connectivity index (χ1v) is 16.0. The van der Waals surface area contributed by atoms with Gasteiger partial charge in [-0.1, -0.05) is 91.0 Å². The van der Waals surface area contributed by atoms with Gasteiger partial charge in [-0.3, -0.25) is 4.90 Å². The number of ether oxygens (including phenoxy) is 6. The molecule has 3 aromatic carbocycles.